The van der Waals surface area contributed by atoms with Crippen LogP contribution >= 0.6 is 0 Å². The first-order chi connectivity index (χ1) is 7.25. The number of nitrogens with one attached hydrogen (secondary N) is 2. The van der Waals surface area contributed by atoms with E-state index in [0.29, 0.717) is 25.0 Å². The second-order valence-corrected chi connectivity index (χ2v) is 3.62. The number of amides is 1. The molecule has 1 saturated heterocycles. The lowest BCUT2D eigenvalue weighted by molar-refractivity contribution is -0.122. The Bertz CT molecular complexity index is 344. The molecule has 0 saturated carbocycles. The minimum atomic E-state index is -0.0164. The number of ether oxygens (including phenoxy) is 1. The van der Waals surface area contributed by atoms with E-state index in [4.69, 9.17) is 4.74 Å². The van der Waals surface area contributed by atoms with Crippen molar-refractivity contribution in [2.24, 2.45) is 5.92 Å². The number of nitrogens with zero attached hydrogens (tertiary/aromatic N) is 2. The largest absolute Gasteiger partial charge is 0.381 e. The van der Waals surface area contributed by atoms with Gasteiger partial charge in [-0.25, -0.2) is 0 Å². The smallest absolute Gasteiger partial charge is 0.248 e. The van der Waals surface area contributed by atoms with Gasteiger partial charge in [-0.3, -0.25) is 15.2 Å². The molecule has 1 fully saturated rings. The number of aryl methyl sites for hydroxylation is 1. The molecule has 1 amide bonds. The lowest BCUT2D eigenvalue weighted by Crippen LogP contribution is -2.28. The van der Waals surface area contributed by atoms with E-state index in [1.165, 1.54) is 0 Å². The number of H-pyrrole nitrogens is 1. The maximum absolute atomic E-state index is 11.7. The quantitative estimate of drug-likeness (QED) is 0.744. The first-order valence-corrected chi connectivity index (χ1v) is 5.03. The molecular formula is C9H14N4O2. The van der Waals surface area contributed by atoms with E-state index in [1.807, 2.05) is 0 Å². The molecule has 0 spiro atoms. The minimum absolute atomic E-state index is 0.0164. The predicted octanol–water partition coefficient (Wildman–Crippen LogP) is 0.478. The highest BCUT2D eigenvalue weighted by Gasteiger charge is 2.22. The number of hydrogen-bond acceptors (Lipinski definition) is 4. The number of hydrogen-bond donors (Lipinski definition) is 2. The Labute approximate surface area is 87.4 Å². The van der Waals surface area contributed by atoms with Crippen LogP contribution in [-0.4, -0.2) is 34.3 Å². The summed E-state index contributed by atoms with van der Waals surface area (Å²) in [5, 5.41) is 9.21. The van der Waals surface area contributed by atoms with Gasteiger partial charge in [0.25, 0.3) is 0 Å². The standard InChI is InChI=1S/C9H14N4O2/c1-6-10-9(13-12-6)11-8(14)7-2-4-15-5-3-7/h7H,2-5H2,1H3,(H2,10,11,12,13,14). The van der Waals surface area contributed by atoms with Crippen LogP contribution in [0.5, 0.6) is 0 Å². The van der Waals surface area contributed by atoms with Crippen LogP contribution in [0.2, 0.25) is 0 Å². The van der Waals surface area contributed by atoms with Crippen molar-refractivity contribution in [1.82, 2.24) is 15.2 Å². The molecular weight excluding hydrogens is 196 g/mol. The van der Waals surface area contributed by atoms with E-state index < -0.39 is 0 Å². The lowest BCUT2D eigenvalue weighted by Gasteiger charge is -2.20. The second-order valence-electron chi connectivity index (χ2n) is 3.62. The molecule has 6 heteroatoms. The Morgan fingerprint density at radius 2 is 2.27 bits per heavy atom. The van der Waals surface area contributed by atoms with Crippen molar-refractivity contribution in [3.8, 4) is 0 Å². The molecule has 15 heavy (non-hydrogen) atoms. The van der Waals surface area contributed by atoms with Crippen LogP contribution in [0.1, 0.15) is 18.7 Å². The summed E-state index contributed by atoms with van der Waals surface area (Å²) >= 11 is 0. The Morgan fingerprint density at radius 3 is 2.87 bits per heavy atom. The summed E-state index contributed by atoms with van der Waals surface area (Å²) in [7, 11) is 0. The third-order valence-electron chi connectivity index (χ3n) is 2.42. The van der Waals surface area contributed by atoms with Gasteiger partial charge >= 0.3 is 0 Å². The van der Waals surface area contributed by atoms with Crippen molar-refractivity contribution in [3.05, 3.63) is 5.82 Å². The van der Waals surface area contributed by atoms with Crippen LogP contribution in [0.4, 0.5) is 5.95 Å². The molecule has 82 valence electrons. The number of anilines is 1. The number of carbonyl (C=O) groups excluding carboxylic acids is 1. The summed E-state index contributed by atoms with van der Waals surface area (Å²) in [6.07, 6.45) is 1.55. The van der Waals surface area contributed by atoms with E-state index in [1.54, 1.807) is 6.92 Å². The Balaban J connectivity index is 1.91. The summed E-state index contributed by atoms with van der Waals surface area (Å²) < 4.78 is 5.19. The Hall–Kier alpha value is -1.43. The monoisotopic (exact) mass is 210 g/mol. The molecule has 0 bridgehead atoms. The number of rotatable bonds is 2. The second kappa shape index (κ2) is 4.39. The van der Waals surface area contributed by atoms with Gasteiger partial charge in [0.1, 0.15) is 5.82 Å². The molecule has 1 aliphatic rings. The summed E-state index contributed by atoms with van der Waals surface area (Å²) in [6, 6.07) is 0. The topological polar surface area (TPSA) is 79.9 Å². The molecule has 1 aliphatic heterocycles. The fraction of sp³-hybridized carbons (Fsp3) is 0.667. The lowest BCUT2D eigenvalue weighted by atomic mass is 10.00. The third kappa shape index (κ3) is 2.53. The Kier molecular flexibility index (Phi) is 2.96. The van der Waals surface area contributed by atoms with Gasteiger partial charge in [-0.15, -0.1) is 5.10 Å². The van der Waals surface area contributed by atoms with Crippen LogP contribution < -0.4 is 5.32 Å². The molecule has 0 radical (unpaired) electrons. The number of carbonyl (C=O) groups is 1. The van der Waals surface area contributed by atoms with Crippen molar-refractivity contribution in [2.75, 3.05) is 18.5 Å². The summed E-state index contributed by atoms with van der Waals surface area (Å²) in [6.45, 7) is 3.10. The summed E-state index contributed by atoms with van der Waals surface area (Å²) in [4.78, 5) is 15.7. The van der Waals surface area contributed by atoms with Gasteiger partial charge in [0, 0.05) is 19.1 Å². The zero-order chi connectivity index (χ0) is 10.7. The first kappa shape index (κ1) is 10.1. The molecule has 1 aromatic rings. The van der Waals surface area contributed by atoms with Crippen molar-refractivity contribution in [3.63, 3.8) is 0 Å². The third-order valence-corrected chi connectivity index (χ3v) is 2.42. The van der Waals surface area contributed by atoms with E-state index in [9.17, 15) is 4.79 Å². The van der Waals surface area contributed by atoms with Gasteiger partial charge in [0.2, 0.25) is 11.9 Å². The van der Waals surface area contributed by atoms with Crippen LogP contribution in [0.3, 0.4) is 0 Å². The van der Waals surface area contributed by atoms with Crippen LogP contribution in [0.25, 0.3) is 0 Å². The molecule has 6 nitrogen and oxygen atoms in total. The highest BCUT2D eigenvalue weighted by atomic mass is 16.5. The zero-order valence-corrected chi connectivity index (χ0v) is 8.62. The molecule has 0 unspecified atom stereocenters. The van der Waals surface area contributed by atoms with E-state index in [2.05, 4.69) is 20.5 Å². The van der Waals surface area contributed by atoms with Gasteiger partial charge in [-0.1, -0.05) is 0 Å². The molecule has 2 heterocycles. The molecule has 0 aliphatic carbocycles. The molecule has 0 aromatic carbocycles. The van der Waals surface area contributed by atoms with Gasteiger partial charge in [0.15, 0.2) is 0 Å². The van der Waals surface area contributed by atoms with Crippen molar-refractivity contribution < 1.29 is 9.53 Å². The van der Waals surface area contributed by atoms with E-state index >= 15 is 0 Å². The van der Waals surface area contributed by atoms with Gasteiger partial charge in [0.05, 0.1) is 0 Å². The Morgan fingerprint density at radius 1 is 1.53 bits per heavy atom. The van der Waals surface area contributed by atoms with Crippen LogP contribution in [0.15, 0.2) is 0 Å². The fourth-order valence-electron chi connectivity index (χ4n) is 1.57. The van der Waals surface area contributed by atoms with Gasteiger partial charge in [-0.05, 0) is 19.8 Å². The molecule has 0 atom stereocenters. The van der Waals surface area contributed by atoms with Crippen LogP contribution in [-0.2, 0) is 9.53 Å². The van der Waals surface area contributed by atoms with E-state index in [0.717, 1.165) is 12.8 Å². The minimum Gasteiger partial charge on any atom is -0.381 e. The molecule has 2 rings (SSSR count). The van der Waals surface area contributed by atoms with Crippen molar-refractivity contribution >= 4 is 11.9 Å². The van der Waals surface area contributed by atoms with E-state index in [-0.39, 0.29) is 11.8 Å². The van der Waals surface area contributed by atoms with Crippen molar-refractivity contribution in [1.29, 1.82) is 0 Å². The maximum Gasteiger partial charge on any atom is 0.248 e. The summed E-state index contributed by atoms with van der Waals surface area (Å²) in [5.74, 6) is 1.05. The SMILES string of the molecule is Cc1nc(NC(=O)C2CCOCC2)n[nH]1. The predicted molar refractivity (Wildman–Crippen MR) is 53.3 cm³/mol. The van der Waals surface area contributed by atoms with Gasteiger partial charge in [-0.2, -0.15) is 4.98 Å². The fourth-order valence-corrected chi connectivity index (χ4v) is 1.57. The normalized spacial score (nSPS) is 17.7. The number of aromatic nitrogens is 3. The summed E-state index contributed by atoms with van der Waals surface area (Å²) in [5.41, 5.74) is 0. The van der Waals surface area contributed by atoms with Crippen LogP contribution in [0, 0.1) is 12.8 Å². The highest BCUT2D eigenvalue weighted by Crippen LogP contribution is 2.16. The zero-order valence-electron chi connectivity index (χ0n) is 8.62. The average molecular weight is 210 g/mol. The maximum atomic E-state index is 11.7. The number of aromatic amines is 1. The average Bonchev–Trinajstić information content (AvgIpc) is 2.65. The molecule has 1 aromatic heterocycles. The highest BCUT2D eigenvalue weighted by molar-refractivity contribution is 5.90. The first-order valence-electron chi connectivity index (χ1n) is 5.03. The van der Waals surface area contributed by atoms with Crippen molar-refractivity contribution in [2.45, 2.75) is 19.8 Å². The van der Waals surface area contributed by atoms with Gasteiger partial charge < -0.3 is 4.74 Å². The molecule has 2 N–H and O–H groups in total.